The summed E-state index contributed by atoms with van der Waals surface area (Å²) in [6.07, 6.45) is -3.43. The molecule has 5 nitrogen and oxygen atoms in total. The largest absolute Gasteiger partial charge is 0.495 e. The number of methoxy groups -OCH3 is 1. The van der Waals surface area contributed by atoms with Gasteiger partial charge in [0.05, 0.1) is 18.4 Å². The molecule has 0 aliphatic rings. The Balaban J connectivity index is 2.15. The summed E-state index contributed by atoms with van der Waals surface area (Å²) in [4.78, 5) is 15.9. The zero-order chi connectivity index (χ0) is 18.6. The summed E-state index contributed by atoms with van der Waals surface area (Å²) in [5.41, 5.74) is 1.41. The fraction of sp³-hybridized carbons (Fsp3) is 0.250. The minimum atomic E-state index is -4.51. The molecular weight excluding hydrogens is 361 g/mol. The third kappa shape index (κ3) is 5.25. The molecule has 2 aromatic rings. The predicted octanol–water partition coefficient (Wildman–Crippen LogP) is 4.25. The number of ether oxygens (including phenoxy) is 2. The summed E-state index contributed by atoms with van der Waals surface area (Å²) >= 11 is 5.83. The molecule has 1 aromatic carbocycles. The van der Waals surface area contributed by atoms with Gasteiger partial charge in [0.2, 0.25) is 5.88 Å². The lowest BCUT2D eigenvalue weighted by Crippen LogP contribution is -2.20. The van der Waals surface area contributed by atoms with Crippen molar-refractivity contribution < 1.29 is 27.4 Å². The fourth-order valence-corrected chi connectivity index (χ4v) is 2.14. The average molecular weight is 375 g/mol. The van der Waals surface area contributed by atoms with Crippen LogP contribution in [-0.2, 0) is 0 Å². The van der Waals surface area contributed by atoms with E-state index < -0.39 is 24.6 Å². The van der Waals surface area contributed by atoms with Crippen LogP contribution in [0.3, 0.4) is 0 Å². The molecule has 0 saturated carbocycles. The lowest BCUT2D eigenvalue weighted by molar-refractivity contribution is -0.154. The van der Waals surface area contributed by atoms with Gasteiger partial charge in [0.1, 0.15) is 10.8 Å². The van der Waals surface area contributed by atoms with E-state index in [0.29, 0.717) is 11.4 Å². The summed E-state index contributed by atoms with van der Waals surface area (Å²) in [5.74, 6) is -0.479. The number of amides is 1. The van der Waals surface area contributed by atoms with E-state index in [9.17, 15) is 18.0 Å². The van der Waals surface area contributed by atoms with E-state index >= 15 is 0 Å². The lowest BCUT2D eigenvalue weighted by Gasteiger charge is -2.12. The van der Waals surface area contributed by atoms with Crippen LogP contribution >= 0.6 is 11.6 Å². The molecular formula is C16H14ClF3N2O3. The maximum atomic E-state index is 12.3. The van der Waals surface area contributed by atoms with Gasteiger partial charge >= 0.3 is 6.18 Å². The number of pyridine rings is 1. The van der Waals surface area contributed by atoms with Crippen LogP contribution in [0.5, 0.6) is 11.6 Å². The summed E-state index contributed by atoms with van der Waals surface area (Å²) in [6.45, 7) is 0.325. The molecule has 0 radical (unpaired) electrons. The Kier molecular flexibility index (Phi) is 5.73. The Morgan fingerprint density at radius 3 is 2.64 bits per heavy atom. The second kappa shape index (κ2) is 7.60. The zero-order valence-corrected chi connectivity index (χ0v) is 14.0. The molecule has 0 unspecified atom stereocenters. The summed E-state index contributed by atoms with van der Waals surface area (Å²) < 4.78 is 46.1. The van der Waals surface area contributed by atoms with E-state index in [-0.39, 0.29) is 10.6 Å². The molecule has 0 aliphatic carbocycles. The van der Waals surface area contributed by atoms with Gasteiger partial charge in [0, 0.05) is 6.20 Å². The molecule has 134 valence electrons. The smallest absolute Gasteiger partial charge is 0.422 e. The van der Waals surface area contributed by atoms with E-state index in [2.05, 4.69) is 15.0 Å². The van der Waals surface area contributed by atoms with Crippen molar-refractivity contribution in [3.8, 4) is 11.6 Å². The molecule has 1 amide bonds. The van der Waals surface area contributed by atoms with E-state index in [1.54, 1.807) is 12.1 Å². The first-order chi connectivity index (χ1) is 11.7. The molecule has 0 fully saturated rings. The Labute approximate surface area is 146 Å². The molecule has 0 aliphatic heterocycles. The van der Waals surface area contributed by atoms with Gasteiger partial charge in [-0.3, -0.25) is 4.79 Å². The second-order valence-corrected chi connectivity index (χ2v) is 5.48. The number of hydrogen-bond donors (Lipinski definition) is 1. The van der Waals surface area contributed by atoms with Crippen molar-refractivity contribution >= 4 is 23.2 Å². The number of benzene rings is 1. The number of aromatic nitrogens is 1. The van der Waals surface area contributed by atoms with Crippen LogP contribution in [0.4, 0.5) is 18.9 Å². The van der Waals surface area contributed by atoms with Crippen LogP contribution in [0.25, 0.3) is 0 Å². The van der Waals surface area contributed by atoms with Crippen molar-refractivity contribution in [2.45, 2.75) is 13.1 Å². The van der Waals surface area contributed by atoms with Gasteiger partial charge in [-0.15, -0.1) is 0 Å². The number of anilines is 1. The monoisotopic (exact) mass is 374 g/mol. The molecule has 0 saturated heterocycles. The molecule has 0 bridgehead atoms. The topological polar surface area (TPSA) is 60.5 Å². The second-order valence-electron chi connectivity index (χ2n) is 5.07. The maximum absolute atomic E-state index is 12.3. The SMILES string of the molecule is COc1ccc(C)cc1NC(=O)c1cnc(OCC(F)(F)F)c(Cl)c1. The van der Waals surface area contributed by atoms with Crippen molar-refractivity contribution in [3.63, 3.8) is 0 Å². The highest BCUT2D eigenvalue weighted by Gasteiger charge is 2.29. The van der Waals surface area contributed by atoms with Crippen molar-refractivity contribution in [2.75, 3.05) is 19.0 Å². The minimum absolute atomic E-state index is 0.0629. The molecule has 9 heteroatoms. The zero-order valence-electron chi connectivity index (χ0n) is 13.3. The highest BCUT2D eigenvalue weighted by molar-refractivity contribution is 6.32. The summed E-state index contributed by atoms with van der Waals surface area (Å²) in [6, 6.07) is 6.41. The first-order valence-corrected chi connectivity index (χ1v) is 7.38. The number of aryl methyl sites for hydroxylation is 1. The number of carbonyl (C=O) groups excluding carboxylic acids is 1. The highest BCUT2D eigenvalue weighted by Crippen LogP contribution is 2.28. The van der Waals surface area contributed by atoms with Crippen molar-refractivity contribution in [1.82, 2.24) is 4.98 Å². The molecule has 25 heavy (non-hydrogen) atoms. The first-order valence-electron chi connectivity index (χ1n) is 7.00. The average Bonchev–Trinajstić information content (AvgIpc) is 2.53. The Morgan fingerprint density at radius 1 is 1.32 bits per heavy atom. The van der Waals surface area contributed by atoms with Crippen LogP contribution in [0, 0.1) is 6.92 Å². The van der Waals surface area contributed by atoms with Gasteiger partial charge in [0.15, 0.2) is 6.61 Å². The van der Waals surface area contributed by atoms with Crippen LogP contribution < -0.4 is 14.8 Å². The van der Waals surface area contributed by atoms with Crippen molar-refractivity contribution in [2.24, 2.45) is 0 Å². The molecule has 1 N–H and O–H groups in total. The van der Waals surface area contributed by atoms with Gasteiger partial charge < -0.3 is 14.8 Å². The third-order valence-corrected chi connectivity index (χ3v) is 3.32. The Bertz CT molecular complexity index is 782. The van der Waals surface area contributed by atoms with Gasteiger partial charge in [-0.1, -0.05) is 17.7 Å². The predicted molar refractivity (Wildman–Crippen MR) is 86.5 cm³/mol. The summed E-state index contributed by atoms with van der Waals surface area (Å²) in [7, 11) is 1.46. The lowest BCUT2D eigenvalue weighted by atomic mass is 10.2. The minimum Gasteiger partial charge on any atom is -0.495 e. The van der Waals surface area contributed by atoms with Crippen LogP contribution in [-0.4, -0.2) is 30.8 Å². The fourth-order valence-electron chi connectivity index (χ4n) is 1.92. The quantitative estimate of drug-likeness (QED) is 0.850. The number of nitrogens with one attached hydrogen (secondary N) is 1. The number of nitrogens with zero attached hydrogens (tertiary/aromatic N) is 1. The van der Waals surface area contributed by atoms with Gasteiger partial charge in [-0.05, 0) is 30.7 Å². The van der Waals surface area contributed by atoms with E-state index in [1.165, 1.54) is 13.2 Å². The first kappa shape index (κ1) is 18.9. The Morgan fingerprint density at radius 2 is 2.04 bits per heavy atom. The van der Waals surface area contributed by atoms with E-state index in [4.69, 9.17) is 16.3 Å². The van der Waals surface area contributed by atoms with Crippen molar-refractivity contribution in [3.05, 3.63) is 46.6 Å². The number of carbonyl (C=O) groups is 1. The molecule has 2 rings (SSSR count). The van der Waals surface area contributed by atoms with Crippen molar-refractivity contribution in [1.29, 1.82) is 0 Å². The Hall–Kier alpha value is -2.48. The highest BCUT2D eigenvalue weighted by atomic mass is 35.5. The van der Waals surface area contributed by atoms with Gasteiger partial charge in [0.25, 0.3) is 5.91 Å². The molecule has 0 atom stereocenters. The van der Waals surface area contributed by atoms with Gasteiger partial charge in [-0.2, -0.15) is 13.2 Å². The number of alkyl halides is 3. The van der Waals surface area contributed by atoms with Crippen LogP contribution in [0.1, 0.15) is 15.9 Å². The number of halogens is 4. The normalized spacial score (nSPS) is 11.1. The summed E-state index contributed by atoms with van der Waals surface area (Å²) in [5, 5.41) is 2.44. The third-order valence-electron chi connectivity index (χ3n) is 3.05. The number of rotatable bonds is 5. The van der Waals surface area contributed by atoms with E-state index in [0.717, 1.165) is 11.8 Å². The standard InChI is InChI=1S/C16H14ClF3N2O3/c1-9-3-4-13(24-2)12(5-9)22-14(23)10-6-11(17)15(21-7-10)25-8-16(18,19)20/h3-7H,8H2,1-2H3,(H,22,23). The maximum Gasteiger partial charge on any atom is 0.422 e. The molecule has 0 spiro atoms. The molecule has 1 aromatic heterocycles. The van der Waals surface area contributed by atoms with E-state index in [1.807, 2.05) is 13.0 Å². The van der Waals surface area contributed by atoms with Crippen LogP contribution in [0.15, 0.2) is 30.5 Å². The molecule has 1 heterocycles. The van der Waals surface area contributed by atoms with Crippen LogP contribution in [0.2, 0.25) is 5.02 Å². The van der Waals surface area contributed by atoms with Gasteiger partial charge in [-0.25, -0.2) is 4.98 Å². The number of hydrogen-bond acceptors (Lipinski definition) is 4.